The Morgan fingerprint density at radius 1 is 1.25 bits per heavy atom. The highest BCUT2D eigenvalue weighted by Gasteiger charge is 2.22. The summed E-state index contributed by atoms with van der Waals surface area (Å²) in [5.41, 5.74) is 1.51. The molecule has 2 aromatic rings. The quantitative estimate of drug-likeness (QED) is 0.352. The number of nitrogens with zero attached hydrogens (tertiary/aromatic N) is 2. The highest BCUT2D eigenvalue weighted by Crippen LogP contribution is 2.31. The zero-order valence-electron chi connectivity index (χ0n) is 19.4. The van der Waals surface area contributed by atoms with Gasteiger partial charge < -0.3 is 18.5 Å². The second-order valence-electron chi connectivity index (χ2n) is 8.29. The summed E-state index contributed by atoms with van der Waals surface area (Å²) >= 11 is 0. The van der Waals surface area contributed by atoms with Crippen LogP contribution < -0.4 is 0 Å². The summed E-state index contributed by atoms with van der Waals surface area (Å²) in [6, 6.07) is 3.41. The van der Waals surface area contributed by atoms with Crippen molar-refractivity contribution in [1.82, 2.24) is 9.55 Å². The zero-order chi connectivity index (χ0) is 22.9. The minimum atomic E-state index is -0.472. The van der Waals surface area contributed by atoms with E-state index in [9.17, 15) is 9.59 Å². The Balaban J connectivity index is 1.89. The molecule has 0 spiro atoms. The summed E-state index contributed by atoms with van der Waals surface area (Å²) in [6.45, 7) is 4.62. The van der Waals surface area contributed by atoms with Crippen molar-refractivity contribution in [2.24, 2.45) is 5.92 Å². The highest BCUT2D eigenvalue weighted by atomic mass is 16.5. The summed E-state index contributed by atoms with van der Waals surface area (Å²) in [4.78, 5) is 29.1. The van der Waals surface area contributed by atoms with Crippen LogP contribution in [0.25, 0.3) is 6.08 Å². The second kappa shape index (κ2) is 11.7. The number of unbranched alkanes of at least 4 members (excludes halogenated alkanes) is 1. The number of aromatic nitrogens is 2. The van der Waals surface area contributed by atoms with Crippen LogP contribution in [-0.4, -0.2) is 35.2 Å². The molecule has 0 atom stereocenters. The maximum Gasteiger partial charge on any atom is 0.374 e. The average molecular weight is 443 g/mol. The SMILES string of the molecule is CCCCc1ncc(/C=C(\CC2CCCC2)C(=O)OC)n1Cc1ccc(C(=O)OCC)o1. The van der Waals surface area contributed by atoms with Crippen molar-refractivity contribution in [1.29, 1.82) is 0 Å². The van der Waals surface area contributed by atoms with E-state index in [0.29, 0.717) is 30.4 Å². The molecule has 2 aromatic heterocycles. The van der Waals surface area contributed by atoms with E-state index < -0.39 is 5.97 Å². The molecule has 32 heavy (non-hydrogen) atoms. The third-order valence-corrected chi connectivity index (χ3v) is 5.93. The fourth-order valence-electron chi connectivity index (χ4n) is 4.23. The predicted octanol–water partition coefficient (Wildman–Crippen LogP) is 5.18. The van der Waals surface area contributed by atoms with Crippen molar-refractivity contribution in [2.45, 2.75) is 71.8 Å². The first-order valence-corrected chi connectivity index (χ1v) is 11.6. The van der Waals surface area contributed by atoms with Crippen molar-refractivity contribution in [2.75, 3.05) is 13.7 Å². The van der Waals surface area contributed by atoms with Crippen LogP contribution >= 0.6 is 0 Å². The van der Waals surface area contributed by atoms with Gasteiger partial charge in [-0.05, 0) is 43.9 Å². The lowest BCUT2D eigenvalue weighted by molar-refractivity contribution is -0.136. The molecule has 1 aliphatic carbocycles. The van der Waals surface area contributed by atoms with Crippen molar-refractivity contribution in [3.63, 3.8) is 0 Å². The van der Waals surface area contributed by atoms with Gasteiger partial charge in [-0.3, -0.25) is 0 Å². The lowest BCUT2D eigenvalue weighted by Crippen LogP contribution is -2.11. The van der Waals surface area contributed by atoms with Gasteiger partial charge in [-0.15, -0.1) is 0 Å². The van der Waals surface area contributed by atoms with E-state index in [4.69, 9.17) is 13.9 Å². The van der Waals surface area contributed by atoms with E-state index >= 15 is 0 Å². The molecule has 1 aliphatic rings. The standard InChI is InChI=1S/C25H34N2O5/c1-4-6-11-23-26-16-20(15-19(24(28)30-3)14-18-9-7-8-10-18)27(23)17-21-12-13-22(32-21)25(29)31-5-2/h12-13,15-16,18H,4-11,14,17H2,1-3H3/b19-15+. The molecule has 1 saturated carbocycles. The van der Waals surface area contributed by atoms with Crippen LogP contribution in [0.4, 0.5) is 0 Å². The summed E-state index contributed by atoms with van der Waals surface area (Å²) in [7, 11) is 1.43. The van der Waals surface area contributed by atoms with Crippen LogP contribution in [0.3, 0.4) is 0 Å². The molecule has 1 fully saturated rings. The van der Waals surface area contributed by atoms with Crippen LogP contribution in [0.5, 0.6) is 0 Å². The number of rotatable bonds is 11. The first-order valence-electron chi connectivity index (χ1n) is 11.6. The van der Waals surface area contributed by atoms with Gasteiger partial charge in [0.15, 0.2) is 0 Å². The summed E-state index contributed by atoms with van der Waals surface area (Å²) in [5.74, 6) is 1.51. The maximum atomic E-state index is 12.5. The van der Waals surface area contributed by atoms with Gasteiger partial charge in [0, 0.05) is 12.0 Å². The van der Waals surface area contributed by atoms with Crippen LogP contribution in [0.15, 0.2) is 28.3 Å². The van der Waals surface area contributed by atoms with Crippen LogP contribution in [-0.2, 0) is 27.2 Å². The Morgan fingerprint density at radius 2 is 2.03 bits per heavy atom. The van der Waals surface area contributed by atoms with Crippen molar-refractivity contribution >= 4 is 18.0 Å². The lowest BCUT2D eigenvalue weighted by Gasteiger charge is -2.13. The van der Waals surface area contributed by atoms with Crippen molar-refractivity contribution in [3.05, 3.63) is 46.9 Å². The molecule has 7 nitrogen and oxygen atoms in total. The van der Waals surface area contributed by atoms with Crippen molar-refractivity contribution in [3.8, 4) is 0 Å². The number of hydrogen-bond acceptors (Lipinski definition) is 6. The molecule has 7 heteroatoms. The number of ether oxygens (including phenoxy) is 2. The minimum Gasteiger partial charge on any atom is -0.466 e. The van der Waals surface area contributed by atoms with Crippen LogP contribution in [0, 0.1) is 5.92 Å². The molecule has 0 N–H and O–H groups in total. The van der Waals surface area contributed by atoms with E-state index in [0.717, 1.165) is 50.0 Å². The molecule has 0 aliphatic heterocycles. The fourth-order valence-corrected chi connectivity index (χ4v) is 4.23. The predicted molar refractivity (Wildman–Crippen MR) is 121 cm³/mol. The molecular weight excluding hydrogens is 408 g/mol. The third kappa shape index (κ3) is 6.11. The van der Waals surface area contributed by atoms with Gasteiger partial charge in [0.25, 0.3) is 0 Å². The molecule has 0 amide bonds. The van der Waals surface area contributed by atoms with Gasteiger partial charge in [0.05, 0.1) is 32.2 Å². The Morgan fingerprint density at radius 3 is 2.72 bits per heavy atom. The summed E-state index contributed by atoms with van der Waals surface area (Å²) in [6.07, 6.45) is 12.1. The van der Waals surface area contributed by atoms with Crippen molar-refractivity contribution < 1.29 is 23.5 Å². The second-order valence-corrected chi connectivity index (χ2v) is 8.29. The topological polar surface area (TPSA) is 83.6 Å². The number of imidazole rings is 1. The van der Waals surface area contributed by atoms with Gasteiger partial charge in [-0.1, -0.05) is 39.0 Å². The minimum absolute atomic E-state index is 0.186. The normalized spacial score (nSPS) is 14.7. The molecule has 0 bridgehead atoms. The number of carbonyl (C=O) groups is 2. The number of furan rings is 1. The van der Waals surface area contributed by atoms with E-state index in [1.54, 1.807) is 25.3 Å². The lowest BCUT2D eigenvalue weighted by atomic mass is 9.97. The maximum absolute atomic E-state index is 12.5. The van der Waals surface area contributed by atoms with E-state index in [-0.39, 0.29) is 11.7 Å². The molecule has 174 valence electrons. The molecule has 0 unspecified atom stereocenters. The Labute approximate surface area is 189 Å². The zero-order valence-corrected chi connectivity index (χ0v) is 19.4. The van der Waals surface area contributed by atoms with Gasteiger partial charge >= 0.3 is 11.9 Å². The number of aryl methyl sites for hydroxylation is 1. The number of carbonyl (C=O) groups excluding carboxylic acids is 2. The van der Waals surface area contributed by atoms with Gasteiger partial charge in [0.2, 0.25) is 5.76 Å². The smallest absolute Gasteiger partial charge is 0.374 e. The number of methoxy groups -OCH3 is 1. The van der Waals surface area contributed by atoms with Gasteiger partial charge in [-0.25, -0.2) is 14.6 Å². The Bertz CT molecular complexity index is 934. The average Bonchev–Trinajstić information content (AvgIpc) is 3.54. The van der Waals surface area contributed by atoms with E-state index in [2.05, 4.69) is 16.5 Å². The monoisotopic (exact) mass is 442 g/mol. The van der Waals surface area contributed by atoms with Crippen LogP contribution in [0.1, 0.15) is 86.6 Å². The van der Waals surface area contributed by atoms with Crippen LogP contribution in [0.2, 0.25) is 0 Å². The molecule has 0 radical (unpaired) electrons. The summed E-state index contributed by atoms with van der Waals surface area (Å²) < 4.78 is 17.9. The molecule has 0 saturated heterocycles. The number of hydrogen-bond donors (Lipinski definition) is 0. The highest BCUT2D eigenvalue weighted by molar-refractivity contribution is 5.93. The third-order valence-electron chi connectivity index (χ3n) is 5.93. The first-order chi connectivity index (χ1) is 15.5. The fraction of sp³-hybridized carbons (Fsp3) is 0.560. The van der Waals surface area contributed by atoms with Gasteiger partial charge in [-0.2, -0.15) is 0 Å². The van der Waals surface area contributed by atoms with Gasteiger partial charge in [0.1, 0.15) is 11.6 Å². The van der Waals surface area contributed by atoms with E-state index in [1.165, 1.54) is 20.0 Å². The first kappa shape index (κ1) is 23.8. The number of esters is 2. The summed E-state index contributed by atoms with van der Waals surface area (Å²) in [5, 5.41) is 0. The Kier molecular flexibility index (Phi) is 8.71. The molecular formula is C25H34N2O5. The molecule has 0 aromatic carbocycles. The Hall–Kier alpha value is -2.83. The molecule has 2 heterocycles. The largest absolute Gasteiger partial charge is 0.466 e. The molecule has 3 rings (SSSR count). The van der Waals surface area contributed by atoms with E-state index in [1.807, 2.05) is 6.08 Å².